The van der Waals surface area contributed by atoms with Crippen LogP contribution in [0, 0.1) is 0 Å². The maximum atomic E-state index is 12.4. The summed E-state index contributed by atoms with van der Waals surface area (Å²) in [5.74, 6) is -1.03. The zero-order valence-corrected chi connectivity index (χ0v) is 15.2. The molecule has 2 heterocycles. The average Bonchev–Trinajstić information content (AvgIpc) is 2.71. The second-order valence-electron chi connectivity index (χ2n) is 5.77. The van der Waals surface area contributed by atoms with E-state index in [9.17, 15) is 14.4 Å². The number of amides is 1. The van der Waals surface area contributed by atoms with Crippen molar-refractivity contribution < 1.29 is 14.3 Å². The van der Waals surface area contributed by atoms with E-state index in [1.165, 1.54) is 6.07 Å². The molecule has 0 unspecified atom stereocenters. The summed E-state index contributed by atoms with van der Waals surface area (Å²) in [5.41, 5.74) is 1.38. The Balaban J connectivity index is 1.79. The van der Waals surface area contributed by atoms with Crippen molar-refractivity contribution in [2.24, 2.45) is 0 Å². The van der Waals surface area contributed by atoms with E-state index in [0.717, 1.165) is 10.2 Å². The Labute approximate surface area is 160 Å². The SMILES string of the molecule is CCOC(=O)c1ccccc1NC(=O)Cn1nc(-c2cccnc2)ccc1=O. The number of nitrogens with zero attached hydrogens (tertiary/aromatic N) is 3. The number of hydrogen-bond donors (Lipinski definition) is 1. The minimum Gasteiger partial charge on any atom is -0.462 e. The third-order valence-electron chi connectivity index (χ3n) is 3.81. The predicted molar refractivity (Wildman–Crippen MR) is 103 cm³/mol. The van der Waals surface area contributed by atoms with Crippen molar-refractivity contribution in [2.45, 2.75) is 13.5 Å². The van der Waals surface area contributed by atoms with Crippen molar-refractivity contribution in [1.82, 2.24) is 14.8 Å². The molecule has 1 N–H and O–H groups in total. The van der Waals surface area contributed by atoms with Gasteiger partial charge in [-0.05, 0) is 37.3 Å². The number of ether oxygens (including phenoxy) is 1. The highest BCUT2D eigenvalue weighted by Gasteiger charge is 2.15. The molecule has 3 aromatic rings. The molecular weight excluding hydrogens is 360 g/mol. The number of para-hydroxylation sites is 1. The molecule has 2 aromatic heterocycles. The number of aromatic nitrogens is 3. The molecule has 0 aliphatic carbocycles. The van der Waals surface area contributed by atoms with Crippen LogP contribution in [0.5, 0.6) is 0 Å². The Kier molecular flexibility index (Phi) is 5.91. The first-order chi connectivity index (χ1) is 13.6. The van der Waals surface area contributed by atoms with Gasteiger partial charge in [0.25, 0.3) is 5.56 Å². The predicted octanol–water partition coefficient (Wildman–Crippen LogP) is 2.12. The fourth-order valence-corrected chi connectivity index (χ4v) is 2.54. The summed E-state index contributed by atoms with van der Waals surface area (Å²) >= 11 is 0. The number of pyridine rings is 1. The van der Waals surface area contributed by atoms with Crippen molar-refractivity contribution in [3.05, 3.63) is 76.8 Å². The van der Waals surface area contributed by atoms with E-state index >= 15 is 0 Å². The van der Waals surface area contributed by atoms with Gasteiger partial charge in [-0.15, -0.1) is 0 Å². The van der Waals surface area contributed by atoms with Gasteiger partial charge in [-0.1, -0.05) is 12.1 Å². The quantitative estimate of drug-likeness (QED) is 0.659. The summed E-state index contributed by atoms with van der Waals surface area (Å²) in [6.45, 7) is 1.62. The Bertz CT molecular complexity index is 1050. The number of anilines is 1. The van der Waals surface area contributed by atoms with E-state index in [0.29, 0.717) is 11.4 Å². The molecule has 8 nitrogen and oxygen atoms in total. The standard InChI is InChI=1S/C20H18N4O4/c1-2-28-20(27)15-7-3-4-8-17(15)22-18(25)13-24-19(26)10-9-16(23-24)14-6-5-11-21-12-14/h3-12H,2,13H2,1H3,(H,22,25). The molecule has 8 heteroatoms. The van der Waals surface area contributed by atoms with Crippen LogP contribution < -0.4 is 10.9 Å². The molecule has 0 aliphatic rings. The topological polar surface area (TPSA) is 103 Å². The van der Waals surface area contributed by atoms with E-state index < -0.39 is 17.4 Å². The molecule has 0 saturated carbocycles. The number of nitrogens with one attached hydrogen (secondary N) is 1. The molecule has 0 atom stereocenters. The summed E-state index contributed by atoms with van der Waals surface area (Å²) in [6.07, 6.45) is 3.25. The third-order valence-corrected chi connectivity index (χ3v) is 3.81. The lowest BCUT2D eigenvalue weighted by Crippen LogP contribution is -2.29. The molecule has 0 saturated heterocycles. The highest BCUT2D eigenvalue weighted by molar-refractivity contribution is 6.01. The second-order valence-corrected chi connectivity index (χ2v) is 5.77. The van der Waals surface area contributed by atoms with Gasteiger partial charge in [-0.25, -0.2) is 9.48 Å². The van der Waals surface area contributed by atoms with Crippen LogP contribution >= 0.6 is 0 Å². The van der Waals surface area contributed by atoms with Gasteiger partial charge in [0.2, 0.25) is 5.91 Å². The lowest BCUT2D eigenvalue weighted by atomic mass is 10.2. The third kappa shape index (κ3) is 4.47. The first kappa shape index (κ1) is 19.0. The van der Waals surface area contributed by atoms with Crippen LogP contribution in [0.1, 0.15) is 17.3 Å². The fraction of sp³-hybridized carbons (Fsp3) is 0.150. The van der Waals surface area contributed by atoms with Crippen LogP contribution in [0.4, 0.5) is 5.69 Å². The van der Waals surface area contributed by atoms with Crippen LogP contribution in [-0.4, -0.2) is 33.2 Å². The molecule has 28 heavy (non-hydrogen) atoms. The van der Waals surface area contributed by atoms with Gasteiger partial charge in [0.1, 0.15) is 6.54 Å². The van der Waals surface area contributed by atoms with E-state index in [4.69, 9.17) is 4.74 Å². The number of esters is 1. The van der Waals surface area contributed by atoms with Crippen LogP contribution in [0.3, 0.4) is 0 Å². The van der Waals surface area contributed by atoms with E-state index in [1.807, 2.05) is 0 Å². The Morgan fingerprint density at radius 1 is 1.11 bits per heavy atom. The van der Waals surface area contributed by atoms with Crippen molar-refractivity contribution in [3.8, 4) is 11.3 Å². The van der Waals surface area contributed by atoms with Crippen LogP contribution in [0.25, 0.3) is 11.3 Å². The van der Waals surface area contributed by atoms with Crippen molar-refractivity contribution in [1.29, 1.82) is 0 Å². The average molecular weight is 378 g/mol. The minimum absolute atomic E-state index is 0.224. The van der Waals surface area contributed by atoms with E-state index in [2.05, 4.69) is 15.4 Å². The van der Waals surface area contributed by atoms with Crippen LogP contribution in [-0.2, 0) is 16.1 Å². The van der Waals surface area contributed by atoms with Gasteiger partial charge in [-0.2, -0.15) is 5.10 Å². The normalized spacial score (nSPS) is 10.3. The summed E-state index contributed by atoms with van der Waals surface area (Å²) in [7, 11) is 0. The lowest BCUT2D eigenvalue weighted by molar-refractivity contribution is -0.117. The number of carbonyl (C=O) groups is 2. The van der Waals surface area contributed by atoms with E-state index in [-0.39, 0.29) is 18.7 Å². The summed E-state index contributed by atoms with van der Waals surface area (Å²) in [6, 6.07) is 13.0. The Morgan fingerprint density at radius 2 is 1.93 bits per heavy atom. The molecule has 142 valence electrons. The van der Waals surface area contributed by atoms with Gasteiger partial charge in [-0.3, -0.25) is 14.6 Å². The molecule has 0 radical (unpaired) electrons. The second kappa shape index (κ2) is 8.72. The van der Waals surface area contributed by atoms with Gasteiger partial charge in [0.05, 0.1) is 23.6 Å². The summed E-state index contributed by atoms with van der Waals surface area (Å²) in [5, 5.41) is 6.86. The highest BCUT2D eigenvalue weighted by Crippen LogP contribution is 2.16. The molecule has 0 fully saturated rings. The first-order valence-electron chi connectivity index (χ1n) is 8.63. The zero-order valence-electron chi connectivity index (χ0n) is 15.2. The van der Waals surface area contributed by atoms with Crippen molar-refractivity contribution in [2.75, 3.05) is 11.9 Å². The minimum atomic E-state index is -0.535. The Morgan fingerprint density at radius 3 is 2.68 bits per heavy atom. The molecule has 0 aliphatic heterocycles. The Hall–Kier alpha value is -3.81. The first-order valence-corrected chi connectivity index (χ1v) is 8.63. The molecule has 3 rings (SSSR count). The van der Waals surface area contributed by atoms with Gasteiger partial charge in [0.15, 0.2) is 0 Å². The monoisotopic (exact) mass is 378 g/mol. The largest absolute Gasteiger partial charge is 0.462 e. The molecular formula is C20H18N4O4. The number of rotatable bonds is 6. The van der Waals surface area contributed by atoms with Crippen molar-refractivity contribution >= 4 is 17.6 Å². The number of benzene rings is 1. The maximum Gasteiger partial charge on any atom is 0.340 e. The van der Waals surface area contributed by atoms with Crippen LogP contribution in [0.2, 0.25) is 0 Å². The number of hydrogen-bond acceptors (Lipinski definition) is 6. The smallest absolute Gasteiger partial charge is 0.340 e. The molecule has 1 aromatic carbocycles. The zero-order chi connectivity index (χ0) is 19.9. The van der Waals surface area contributed by atoms with Crippen molar-refractivity contribution in [3.63, 3.8) is 0 Å². The summed E-state index contributed by atoms with van der Waals surface area (Å²) in [4.78, 5) is 40.6. The van der Waals surface area contributed by atoms with Gasteiger partial charge < -0.3 is 10.1 Å². The molecule has 1 amide bonds. The summed E-state index contributed by atoms with van der Waals surface area (Å²) < 4.78 is 6.05. The van der Waals surface area contributed by atoms with Gasteiger partial charge >= 0.3 is 5.97 Å². The lowest BCUT2D eigenvalue weighted by Gasteiger charge is -2.11. The number of carbonyl (C=O) groups excluding carboxylic acids is 2. The fourth-order valence-electron chi connectivity index (χ4n) is 2.54. The van der Waals surface area contributed by atoms with Gasteiger partial charge in [0, 0.05) is 24.0 Å². The molecule has 0 bridgehead atoms. The maximum absolute atomic E-state index is 12.4. The highest BCUT2D eigenvalue weighted by atomic mass is 16.5. The van der Waals surface area contributed by atoms with E-state index in [1.54, 1.807) is 61.8 Å². The molecule has 0 spiro atoms. The van der Waals surface area contributed by atoms with Crippen LogP contribution in [0.15, 0.2) is 65.7 Å².